The van der Waals surface area contributed by atoms with Crippen molar-refractivity contribution >= 4 is 71.6 Å². The molecule has 0 atom stereocenters. The smallest absolute Gasteiger partial charge is 0.159 e. The van der Waals surface area contributed by atoms with Gasteiger partial charge in [-0.3, -0.25) is 0 Å². The fourth-order valence-electron chi connectivity index (χ4n) is 9.40. The van der Waals surface area contributed by atoms with Crippen LogP contribution in [0.2, 0.25) is 0 Å². The summed E-state index contributed by atoms with van der Waals surface area (Å²) in [5.41, 5.74) is 15.6. The summed E-state index contributed by atoms with van der Waals surface area (Å²) < 4.78 is 8.92. The first kappa shape index (κ1) is 34.9. The van der Waals surface area contributed by atoms with Crippen molar-refractivity contribution in [3.63, 3.8) is 0 Å². The molecule has 12 rings (SSSR count). The molecule has 0 bridgehead atoms. The van der Waals surface area contributed by atoms with E-state index < -0.39 is 0 Å². The van der Waals surface area contributed by atoms with Crippen molar-refractivity contribution in [2.45, 2.75) is 0 Å². The first-order valence-electron chi connectivity index (χ1n) is 20.8. The van der Waals surface area contributed by atoms with E-state index in [-0.39, 0.29) is 0 Å². The number of para-hydroxylation sites is 5. The second-order valence-corrected chi connectivity index (χ2v) is 15.7. The maximum atomic E-state index is 6.55. The third-order valence-electron chi connectivity index (χ3n) is 12.2. The van der Waals surface area contributed by atoms with Gasteiger partial charge in [0.1, 0.15) is 5.58 Å². The SMILES string of the molecule is c1ccc(N(c2ccc(-c3cccc4cccc(-c5cccc(-c6ccc7c(c6)c6ccccc6n7-c6ccccc6)c5)c34)cc2)c2cccc3c2oc2ccccc23)cc1. The predicted octanol–water partition coefficient (Wildman–Crippen LogP) is 16.3. The molecule has 0 aliphatic heterocycles. The summed E-state index contributed by atoms with van der Waals surface area (Å²) in [6.07, 6.45) is 0. The van der Waals surface area contributed by atoms with Gasteiger partial charge in [0.05, 0.1) is 16.7 Å². The van der Waals surface area contributed by atoms with E-state index in [0.717, 1.165) is 44.6 Å². The zero-order chi connectivity index (χ0) is 40.3. The van der Waals surface area contributed by atoms with Crippen LogP contribution < -0.4 is 4.90 Å². The van der Waals surface area contributed by atoms with Crippen molar-refractivity contribution in [1.29, 1.82) is 0 Å². The second kappa shape index (κ2) is 14.3. The minimum Gasteiger partial charge on any atom is -0.454 e. The molecule has 61 heavy (non-hydrogen) atoms. The highest BCUT2D eigenvalue weighted by Crippen LogP contribution is 2.44. The van der Waals surface area contributed by atoms with Gasteiger partial charge in [-0.1, -0.05) is 158 Å². The Morgan fingerprint density at radius 2 is 0.951 bits per heavy atom. The maximum absolute atomic E-state index is 6.55. The average Bonchev–Trinajstić information content (AvgIpc) is 3.88. The summed E-state index contributed by atoms with van der Waals surface area (Å²) in [6, 6.07) is 82.8. The molecule has 0 N–H and O–H groups in total. The van der Waals surface area contributed by atoms with Gasteiger partial charge >= 0.3 is 0 Å². The number of furan rings is 1. The predicted molar refractivity (Wildman–Crippen MR) is 257 cm³/mol. The number of aromatic nitrogens is 1. The Morgan fingerprint density at radius 1 is 0.361 bits per heavy atom. The van der Waals surface area contributed by atoms with Crippen LogP contribution in [0.1, 0.15) is 0 Å². The minimum absolute atomic E-state index is 0.872. The van der Waals surface area contributed by atoms with Crippen LogP contribution in [0.25, 0.3) is 93.6 Å². The van der Waals surface area contributed by atoms with Crippen LogP contribution in [-0.2, 0) is 0 Å². The van der Waals surface area contributed by atoms with E-state index >= 15 is 0 Å². The number of hydrogen-bond donors (Lipinski definition) is 0. The van der Waals surface area contributed by atoms with Crippen LogP contribution in [0.3, 0.4) is 0 Å². The number of benzene rings is 10. The highest BCUT2D eigenvalue weighted by atomic mass is 16.3. The van der Waals surface area contributed by atoms with Gasteiger partial charge in [-0.05, 0) is 117 Å². The Balaban J connectivity index is 0.950. The van der Waals surface area contributed by atoms with E-state index in [9.17, 15) is 0 Å². The largest absolute Gasteiger partial charge is 0.454 e. The number of hydrogen-bond acceptors (Lipinski definition) is 2. The number of fused-ring (bicyclic) bond motifs is 7. The molecule has 0 amide bonds. The molecule has 12 aromatic rings. The van der Waals surface area contributed by atoms with Crippen LogP contribution in [0.5, 0.6) is 0 Å². The van der Waals surface area contributed by atoms with Crippen molar-refractivity contribution < 1.29 is 4.42 Å². The van der Waals surface area contributed by atoms with E-state index in [1.54, 1.807) is 0 Å². The summed E-state index contributed by atoms with van der Waals surface area (Å²) in [5, 5.41) is 7.17. The highest BCUT2D eigenvalue weighted by molar-refractivity contribution is 6.12. The van der Waals surface area contributed by atoms with E-state index in [1.165, 1.54) is 66.1 Å². The molecule has 0 spiro atoms. The average molecular weight is 779 g/mol. The number of anilines is 3. The second-order valence-electron chi connectivity index (χ2n) is 15.7. The van der Waals surface area contributed by atoms with Gasteiger partial charge in [-0.15, -0.1) is 0 Å². The number of nitrogens with zero attached hydrogens (tertiary/aromatic N) is 2. The Labute approximate surface area is 353 Å². The zero-order valence-corrected chi connectivity index (χ0v) is 33.2. The molecule has 0 fully saturated rings. The maximum Gasteiger partial charge on any atom is 0.159 e. The molecule has 3 nitrogen and oxygen atoms in total. The molecular weight excluding hydrogens is 741 g/mol. The van der Waals surface area contributed by atoms with Crippen molar-refractivity contribution in [3.05, 3.63) is 231 Å². The van der Waals surface area contributed by atoms with Crippen LogP contribution in [0.15, 0.2) is 235 Å². The molecule has 2 aromatic heterocycles. The standard InChI is InChI=1S/C58H38N2O/c1-3-19-44(20-4-1)59(55-29-14-27-51-50-24-8-10-30-56(50)61-58(51)55)46-34-31-39(32-35-46)47-25-12-15-40-16-13-26-48(57(40)47)43-18-11-17-41(37-43)42-33-36-54-52(38-42)49-23-7-9-28-53(49)60(54)45-21-5-2-6-22-45/h1-38H. The summed E-state index contributed by atoms with van der Waals surface area (Å²) in [5.74, 6) is 0. The van der Waals surface area contributed by atoms with Gasteiger partial charge in [-0.25, -0.2) is 0 Å². The van der Waals surface area contributed by atoms with E-state index in [2.05, 4.69) is 228 Å². The first-order chi connectivity index (χ1) is 30.3. The Hall–Kier alpha value is -8.14. The lowest BCUT2D eigenvalue weighted by Crippen LogP contribution is -2.10. The molecule has 2 heterocycles. The lowest BCUT2D eigenvalue weighted by atomic mass is 9.90. The van der Waals surface area contributed by atoms with Crippen molar-refractivity contribution in [3.8, 4) is 39.1 Å². The van der Waals surface area contributed by atoms with E-state index in [1.807, 2.05) is 12.1 Å². The van der Waals surface area contributed by atoms with Crippen LogP contribution in [0, 0.1) is 0 Å². The van der Waals surface area contributed by atoms with Gasteiger partial charge in [0.2, 0.25) is 0 Å². The summed E-state index contributed by atoms with van der Waals surface area (Å²) in [6.45, 7) is 0. The van der Waals surface area contributed by atoms with Crippen molar-refractivity contribution in [2.75, 3.05) is 4.90 Å². The summed E-state index contributed by atoms with van der Waals surface area (Å²) in [4.78, 5) is 2.30. The molecule has 0 radical (unpaired) electrons. The first-order valence-corrected chi connectivity index (χ1v) is 20.8. The van der Waals surface area contributed by atoms with Crippen LogP contribution in [0.4, 0.5) is 17.1 Å². The molecule has 0 unspecified atom stereocenters. The van der Waals surface area contributed by atoms with E-state index in [4.69, 9.17) is 4.42 Å². The molecule has 0 aliphatic rings. The molecule has 3 heteroatoms. The van der Waals surface area contributed by atoms with Gasteiger partial charge < -0.3 is 13.9 Å². The third-order valence-corrected chi connectivity index (χ3v) is 12.2. The zero-order valence-electron chi connectivity index (χ0n) is 33.2. The monoisotopic (exact) mass is 778 g/mol. The van der Waals surface area contributed by atoms with Crippen molar-refractivity contribution in [2.24, 2.45) is 0 Å². The Bertz CT molecular complexity index is 3580. The molecule has 0 aliphatic carbocycles. The molecule has 0 saturated carbocycles. The summed E-state index contributed by atoms with van der Waals surface area (Å²) in [7, 11) is 0. The Kier molecular flexibility index (Phi) is 8.17. The minimum atomic E-state index is 0.872. The van der Waals surface area contributed by atoms with Gasteiger partial charge in [0.15, 0.2) is 5.58 Å². The highest BCUT2D eigenvalue weighted by Gasteiger charge is 2.20. The fourth-order valence-corrected chi connectivity index (χ4v) is 9.40. The van der Waals surface area contributed by atoms with Crippen LogP contribution >= 0.6 is 0 Å². The molecular formula is C58H38N2O. The summed E-state index contributed by atoms with van der Waals surface area (Å²) >= 11 is 0. The fraction of sp³-hybridized carbons (Fsp3) is 0. The number of rotatable bonds is 7. The topological polar surface area (TPSA) is 21.3 Å². The quantitative estimate of drug-likeness (QED) is 0.161. The normalized spacial score (nSPS) is 11.6. The Morgan fingerprint density at radius 3 is 1.77 bits per heavy atom. The van der Waals surface area contributed by atoms with Gasteiger partial charge in [-0.2, -0.15) is 0 Å². The lowest BCUT2D eigenvalue weighted by molar-refractivity contribution is 0.669. The molecule has 10 aromatic carbocycles. The molecule has 0 saturated heterocycles. The van der Waals surface area contributed by atoms with Gasteiger partial charge in [0, 0.05) is 38.6 Å². The van der Waals surface area contributed by atoms with Gasteiger partial charge in [0.25, 0.3) is 0 Å². The van der Waals surface area contributed by atoms with E-state index in [0.29, 0.717) is 0 Å². The lowest BCUT2D eigenvalue weighted by Gasteiger charge is -2.25. The van der Waals surface area contributed by atoms with Crippen LogP contribution in [-0.4, -0.2) is 4.57 Å². The molecule has 286 valence electrons. The third kappa shape index (κ3) is 5.82. The van der Waals surface area contributed by atoms with Crippen molar-refractivity contribution in [1.82, 2.24) is 4.57 Å².